The lowest BCUT2D eigenvalue weighted by molar-refractivity contribution is -0.0667. The van der Waals surface area contributed by atoms with E-state index in [1.807, 2.05) is 4.68 Å². The van der Waals surface area contributed by atoms with Crippen molar-refractivity contribution in [3.8, 4) is 5.75 Å². The first kappa shape index (κ1) is 14.8. The Hall–Kier alpha value is -1.15. The Balaban J connectivity index is 1.83. The molecule has 7 nitrogen and oxygen atoms in total. The van der Waals surface area contributed by atoms with Gasteiger partial charge in [0.15, 0.2) is 5.75 Å². The van der Waals surface area contributed by atoms with Crippen LogP contribution in [-0.2, 0) is 11.3 Å². The Morgan fingerprint density at radius 3 is 3.19 bits per heavy atom. The summed E-state index contributed by atoms with van der Waals surface area (Å²) in [5, 5.41) is 4.36. The minimum atomic E-state index is -0.121. The van der Waals surface area contributed by atoms with E-state index in [0.717, 1.165) is 37.7 Å². The van der Waals surface area contributed by atoms with Crippen molar-refractivity contribution in [1.29, 1.82) is 0 Å². The molecule has 3 N–H and O–H groups in total. The summed E-state index contributed by atoms with van der Waals surface area (Å²) in [6.07, 6.45) is 4.26. The number of nitrogens with two attached hydrogens (primary N) is 1. The number of nitrogens with zero attached hydrogens (tertiary/aromatic N) is 3. The SMILES string of the molecule is CCn1ncc(OC)c1C(NN)C1CN2CCCC2CO1. The van der Waals surface area contributed by atoms with E-state index in [0.29, 0.717) is 6.04 Å². The fourth-order valence-corrected chi connectivity index (χ4v) is 3.51. The van der Waals surface area contributed by atoms with Crippen molar-refractivity contribution in [2.24, 2.45) is 5.84 Å². The summed E-state index contributed by atoms with van der Waals surface area (Å²) in [5.41, 5.74) is 3.87. The highest BCUT2D eigenvalue weighted by Crippen LogP contribution is 2.32. The van der Waals surface area contributed by atoms with Crippen LogP contribution in [0.3, 0.4) is 0 Å². The second-order valence-electron chi connectivity index (χ2n) is 5.72. The van der Waals surface area contributed by atoms with Crippen LogP contribution in [0, 0.1) is 0 Å². The van der Waals surface area contributed by atoms with Crippen molar-refractivity contribution < 1.29 is 9.47 Å². The van der Waals surface area contributed by atoms with Gasteiger partial charge in [-0.3, -0.25) is 15.4 Å². The Morgan fingerprint density at radius 2 is 2.48 bits per heavy atom. The van der Waals surface area contributed by atoms with E-state index >= 15 is 0 Å². The van der Waals surface area contributed by atoms with E-state index in [1.165, 1.54) is 12.8 Å². The number of rotatable bonds is 5. The van der Waals surface area contributed by atoms with Crippen molar-refractivity contribution in [2.75, 3.05) is 26.8 Å². The summed E-state index contributed by atoms with van der Waals surface area (Å²) in [5.74, 6) is 6.59. The Morgan fingerprint density at radius 1 is 1.62 bits per heavy atom. The first-order chi connectivity index (χ1) is 10.3. The molecule has 0 radical (unpaired) electrons. The fraction of sp³-hybridized carbons (Fsp3) is 0.786. The number of fused-ring (bicyclic) bond motifs is 1. The van der Waals surface area contributed by atoms with Gasteiger partial charge in [-0.1, -0.05) is 0 Å². The molecular formula is C14H25N5O2. The molecule has 21 heavy (non-hydrogen) atoms. The van der Waals surface area contributed by atoms with E-state index in [-0.39, 0.29) is 12.1 Å². The van der Waals surface area contributed by atoms with Gasteiger partial charge in [0.25, 0.3) is 0 Å². The van der Waals surface area contributed by atoms with Crippen LogP contribution in [0.4, 0.5) is 0 Å². The molecule has 3 heterocycles. The van der Waals surface area contributed by atoms with Gasteiger partial charge in [-0.25, -0.2) is 5.43 Å². The summed E-state index contributed by atoms with van der Waals surface area (Å²) in [6.45, 7) is 5.67. The summed E-state index contributed by atoms with van der Waals surface area (Å²) >= 11 is 0. The van der Waals surface area contributed by atoms with Crippen LogP contribution < -0.4 is 16.0 Å². The number of hydrogen-bond acceptors (Lipinski definition) is 6. The van der Waals surface area contributed by atoms with Gasteiger partial charge in [0.1, 0.15) is 5.69 Å². The van der Waals surface area contributed by atoms with Gasteiger partial charge in [-0.2, -0.15) is 5.10 Å². The molecule has 2 aliphatic heterocycles. The van der Waals surface area contributed by atoms with Crippen molar-refractivity contribution in [3.05, 3.63) is 11.9 Å². The number of aryl methyl sites for hydroxylation is 1. The highest BCUT2D eigenvalue weighted by molar-refractivity contribution is 5.29. The lowest BCUT2D eigenvalue weighted by Gasteiger charge is -2.38. The maximum absolute atomic E-state index is 6.09. The topological polar surface area (TPSA) is 77.6 Å². The Bertz CT molecular complexity index is 456. The van der Waals surface area contributed by atoms with Gasteiger partial charge >= 0.3 is 0 Å². The van der Waals surface area contributed by atoms with Crippen molar-refractivity contribution >= 4 is 0 Å². The maximum Gasteiger partial charge on any atom is 0.161 e. The van der Waals surface area contributed by atoms with Gasteiger partial charge in [0.05, 0.1) is 32.1 Å². The van der Waals surface area contributed by atoms with Gasteiger partial charge in [-0.15, -0.1) is 0 Å². The molecule has 0 spiro atoms. The third-order valence-corrected chi connectivity index (χ3v) is 4.63. The van der Waals surface area contributed by atoms with Crippen LogP contribution in [0.15, 0.2) is 6.20 Å². The third kappa shape index (κ3) is 2.66. The first-order valence-electron chi connectivity index (χ1n) is 7.70. The molecule has 2 aliphatic rings. The molecule has 0 aliphatic carbocycles. The number of aromatic nitrogens is 2. The van der Waals surface area contributed by atoms with E-state index in [9.17, 15) is 0 Å². The van der Waals surface area contributed by atoms with Crippen molar-refractivity contribution in [3.63, 3.8) is 0 Å². The normalized spacial score (nSPS) is 27.6. The Kier molecular flexibility index (Phi) is 4.44. The minimum Gasteiger partial charge on any atom is -0.493 e. The molecule has 1 aromatic rings. The average Bonchev–Trinajstić information content (AvgIpc) is 3.13. The van der Waals surface area contributed by atoms with E-state index in [1.54, 1.807) is 13.3 Å². The van der Waals surface area contributed by atoms with Gasteiger partial charge in [0.2, 0.25) is 0 Å². The number of morpholine rings is 1. The monoisotopic (exact) mass is 295 g/mol. The molecule has 2 saturated heterocycles. The van der Waals surface area contributed by atoms with E-state index < -0.39 is 0 Å². The highest BCUT2D eigenvalue weighted by atomic mass is 16.5. The first-order valence-corrected chi connectivity index (χ1v) is 7.70. The highest BCUT2D eigenvalue weighted by Gasteiger charge is 2.38. The van der Waals surface area contributed by atoms with Crippen LogP contribution in [0.25, 0.3) is 0 Å². The zero-order chi connectivity index (χ0) is 14.8. The standard InChI is InChI=1S/C14H25N5O2/c1-3-19-14(11(20-2)7-16-19)13(17-15)12-8-18-6-4-5-10(18)9-21-12/h7,10,12-13,17H,3-6,8-9,15H2,1-2H3. The second kappa shape index (κ2) is 6.31. The lowest BCUT2D eigenvalue weighted by Crippen LogP contribution is -2.52. The van der Waals surface area contributed by atoms with Crippen LogP contribution in [0.2, 0.25) is 0 Å². The van der Waals surface area contributed by atoms with Crippen molar-refractivity contribution in [2.45, 2.75) is 44.5 Å². The number of ether oxygens (including phenoxy) is 2. The molecule has 0 saturated carbocycles. The number of hydrazine groups is 1. The molecule has 0 bridgehead atoms. The molecule has 118 valence electrons. The summed E-state index contributed by atoms with van der Waals surface area (Å²) in [7, 11) is 1.66. The quantitative estimate of drug-likeness (QED) is 0.600. The number of hydrogen-bond donors (Lipinski definition) is 2. The predicted octanol–water partition coefficient (Wildman–Crippen LogP) is 0.279. The zero-order valence-electron chi connectivity index (χ0n) is 12.8. The molecule has 0 aromatic carbocycles. The minimum absolute atomic E-state index is 0.0141. The number of methoxy groups -OCH3 is 1. The van der Waals surface area contributed by atoms with Crippen LogP contribution in [0.1, 0.15) is 31.5 Å². The molecule has 3 unspecified atom stereocenters. The van der Waals surface area contributed by atoms with E-state index in [4.69, 9.17) is 15.3 Å². The maximum atomic E-state index is 6.09. The van der Waals surface area contributed by atoms with Crippen molar-refractivity contribution in [1.82, 2.24) is 20.1 Å². The molecular weight excluding hydrogens is 270 g/mol. The fourth-order valence-electron chi connectivity index (χ4n) is 3.51. The summed E-state index contributed by atoms with van der Waals surface area (Å²) in [6, 6.07) is 0.460. The van der Waals surface area contributed by atoms with Gasteiger partial charge in [-0.05, 0) is 26.3 Å². The third-order valence-electron chi connectivity index (χ3n) is 4.63. The van der Waals surface area contributed by atoms with Crippen LogP contribution >= 0.6 is 0 Å². The van der Waals surface area contributed by atoms with Crippen LogP contribution in [-0.4, -0.2) is 53.6 Å². The number of nitrogens with one attached hydrogen (secondary N) is 1. The summed E-state index contributed by atoms with van der Waals surface area (Å²) in [4.78, 5) is 2.51. The predicted molar refractivity (Wildman–Crippen MR) is 78.9 cm³/mol. The smallest absolute Gasteiger partial charge is 0.161 e. The zero-order valence-corrected chi connectivity index (χ0v) is 12.8. The molecule has 3 atom stereocenters. The molecule has 7 heteroatoms. The molecule has 1 aromatic heterocycles. The van der Waals surface area contributed by atoms with Gasteiger partial charge < -0.3 is 9.47 Å². The molecule has 0 amide bonds. The lowest BCUT2D eigenvalue weighted by atomic mass is 10.0. The second-order valence-corrected chi connectivity index (χ2v) is 5.72. The summed E-state index contributed by atoms with van der Waals surface area (Å²) < 4.78 is 13.4. The molecule has 2 fully saturated rings. The van der Waals surface area contributed by atoms with Gasteiger partial charge in [0, 0.05) is 19.1 Å². The van der Waals surface area contributed by atoms with Crippen LogP contribution in [0.5, 0.6) is 5.75 Å². The largest absolute Gasteiger partial charge is 0.493 e. The van der Waals surface area contributed by atoms with E-state index in [2.05, 4.69) is 22.3 Å². The molecule has 3 rings (SSSR count). The average molecular weight is 295 g/mol. The Labute approximate surface area is 125 Å².